The van der Waals surface area contributed by atoms with Gasteiger partial charge in [-0.3, -0.25) is 4.79 Å². The molecule has 0 saturated heterocycles. The molecule has 1 N–H and O–H groups in total. The Bertz CT molecular complexity index is 931. The second-order valence-corrected chi connectivity index (χ2v) is 6.71. The van der Waals surface area contributed by atoms with E-state index in [0.29, 0.717) is 17.2 Å². The van der Waals surface area contributed by atoms with E-state index in [-0.39, 0.29) is 11.7 Å². The van der Waals surface area contributed by atoms with Gasteiger partial charge in [0.25, 0.3) is 5.91 Å². The molecule has 5 heteroatoms. The van der Waals surface area contributed by atoms with Crippen LogP contribution in [0.3, 0.4) is 0 Å². The van der Waals surface area contributed by atoms with Crippen molar-refractivity contribution < 1.29 is 13.9 Å². The van der Waals surface area contributed by atoms with E-state index in [9.17, 15) is 9.18 Å². The molecule has 0 fully saturated rings. The largest absolute Gasteiger partial charge is 0.488 e. The Labute approximate surface area is 142 Å². The predicted molar refractivity (Wildman–Crippen MR) is 93.2 cm³/mol. The maximum atomic E-state index is 13.0. The van der Waals surface area contributed by atoms with E-state index in [4.69, 9.17) is 4.74 Å². The number of carbonyl (C=O) groups is 1. The highest BCUT2D eigenvalue weighted by atomic mass is 32.1. The van der Waals surface area contributed by atoms with Gasteiger partial charge >= 0.3 is 0 Å². The Morgan fingerprint density at radius 2 is 2.00 bits per heavy atom. The van der Waals surface area contributed by atoms with E-state index in [1.165, 1.54) is 23.5 Å². The second kappa shape index (κ2) is 5.76. The first-order valence-electron chi connectivity index (χ1n) is 7.54. The van der Waals surface area contributed by atoms with Crippen LogP contribution in [0.4, 0.5) is 10.1 Å². The summed E-state index contributed by atoms with van der Waals surface area (Å²) in [5.74, 6) is 0.329. The molecular formula is C19H14FNO2S. The topological polar surface area (TPSA) is 38.3 Å². The summed E-state index contributed by atoms with van der Waals surface area (Å²) in [7, 11) is 0. The molecule has 2 aromatic carbocycles. The predicted octanol–water partition coefficient (Wildman–Crippen LogP) is 5.01. The van der Waals surface area contributed by atoms with Crippen LogP contribution in [0.15, 0.2) is 48.5 Å². The van der Waals surface area contributed by atoms with Gasteiger partial charge in [-0.25, -0.2) is 4.39 Å². The molecule has 4 rings (SSSR count). The van der Waals surface area contributed by atoms with Crippen molar-refractivity contribution in [3.05, 3.63) is 70.4 Å². The first-order valence-corrected chi connectivity index (χ1v) is 8.36. The van der Waals surface area contributed by atoms with Crippen LogP contribution in [0, 0.1) is 12.7 Å². The molecule has 3 nitrogen and oxygen atoms in total. The molecule has 1 aliphatic rings. The highest BCUT2D eigenvalue weighted by molar-refractivity contribution is 7.17. The first-order chi connectivity index (χ1) is 11.6. The van der Waals surface area contributed by atoms with Gasteiger partial charge in [0.2, 0.25) is 0 Å². The summed E-state index contributed by atoms with van der Waals surface area (Å²) in [6.45, 7) is 2.50. The summed E-state index contributed by atoms with van der Waals surface area (Å²) in [5, 5.41) is 2.80. The maximum Gasteiger partial charge on any atom is 0.265 e. The van der Waals surface area contributed by atoms with Crippen LogP contribution in [0.1, 0.15) is 20.8 Å². The molecule has 2 heterocycles. The summed E-state index contributed by atoms with van der Waals surface area (Å²) < 4.78 is 18.7. The normalized spacial score (nSPS) is 12.1. The summed E-state index contributed by atoms with van der Waals surface area (Å²) in [6.07, 6.45) is 0. The standard InChI is InChI=1S/C19H14FNO2S/c1-11-3-2-4-15-17(11)18-12(10-23-15)9-16(24-18)19(22)21-14-7-5-13(20)6-8-14/h2-9H,10H2,1H3,(H,21,22). The van der Waals surface area contributed by atoms with E-state index in [1.807, 2.05) is 31.2 Å². The summed E-state index contributed by atoms with van der Waals surface area (Å²) >= 11 is 1.46. The molecule has 3 aromatic rings. The molecule has 0 radical (unpaired) electrons. The zero-order valence-electron chi connectivity index (χ0n) is 12.9. The number of fused-ring (bicyclic) bond motifs is 3. The van der Waals surface area contributed by atoms with Crippen LogP contribution in [-0.2, 0) is 6.61 Å². The van der Waals surface area contributed by atoms with Crippen molar-refractivity contribution in [3.8, 4) is 16.2 Å². The van der Waals surface area contributed by atoms with E-state index in [1.54, 1.807) is 12.1 Å². The summed E-state index contributed by atoms with van der Waals surface area (Å²) in [4.78, 5) is 14.2. The fourth-order valence-corrected chi connectivity index (χ4v) is 3.97. The lowest BCUT2D eigenvalue weighted by atomic mass is 10.0. The van der Waals surface area contributed by atoms with E-state index >= 15 is 0 Å². The minimum absolute atomic E-state index is 0.198. The van der Waals surface area contributed by atoms with Gasteiger partial charge in [0.1, 0.15) is 18.2 Å². The van der Waals surface area contributed by atoms with Gasteiger partial charge < -0.3 is 10.1 Å². The number of hydrogen-bond donors (Lipinski definition) is 1. The lowest BCUT2D eigenvalue weighted by Crippen LogP contribution is -2.10. The number of nitrogens with one attached hydrogen (secondary N) is 1. The molecule has 0 atom stereocenters. The lowest BCUT2D eigenvalue weighted by Gasteiger charge is -2.19. The quantitative estimate of drug-likeness (QED) is 0.713. The number of halogens is 1. The van der Waals surface area contributed by atoms with Crippen molar-refractivity contribution in [2.75, 3.05) is 5.32 Å². The zero-order valence-corrected chi connectivity index (χ0v) is 13.7. The summed E-state index contributed by atoms with van der Waals surface area (Å²) in [6, 6.07) is 13.6. The highest BCUT2D eigenvalue weighted by Crippen LogP contribution is 2.44. The molecule has 1 amide bonds. The van der Waals surface area contributed by atoms with Crippen LogP contribution in [0.5, 0.6) is 5.75 Å². The number of ether oxygens (including phenoxy) is 1. The molecule has 0 saturated carbocycles. The third kappa shape index (κ3) is 2.57. The minimum Gasteiger partial charge on any atom is -0.488 e. The summed E-state index contributed by atoms with van der Waals surface area (Å²) in [5.41, 5.74) is 3.78. The van der Waals surface area contributed by atoms with Crippen molar-refractivity contribution in [1.29, 1.82) is 0 Å². The van der Waals surface area contributed by atoms with Gasteiger partial charge in [-0.1, -0.05) is 12.1 Å². The molecule has 24 heavy (non-hydrogen) atoms. The molecule has 0 unspecified atom stereocenters. The van der Waals surface area contributed by atoms with E-state index in [2.05, 4.69) is 5.32 Å². The number of thiophene rings is 1. The van der Waals surface area contributed by atoms with Crippen molar-refractivity contribution in [2.45, 2.75) is 13.5 Å². The van der Waals surface area contributed by atoms with Gasteiger partial charge in [-0.05, 0) is 48.9 Å². The third-order valence-electron chi connectivity index (χ3n) is 3.98. The molecule has 0 spiro atoms. The van der Waals surface area contributed by atoms with Crippen molar-refractivity contribution >= 4 is 22.9 Å². The highest BCUT2D eigenvalue weighted by Gasteiger charge is 2.24. The molecule has 120 valence electrons. The van der Waals surface area contributed by atoms with Crippen molar-refractivity contribution in [1.82, 2.24) is 0 Å². The average molecular weight is 339 g/mol. The fourth-order valence-electron chi connectivity index (χ4n) is 2.79. The van der Waals surface area contributed by atoms with Crippen LogP contribution < -0.4 is 10.1 Å². The molecule has 0 bridgehead atoms. The van der Waals surface area contributed by atoms with Gasteiger partial charge in [0, 0.05) is 21.7 Å². The van der Waals surface area contributed by atoms with E-state index in [0.717, 1.165) is 27.3 Å². The number of rotatable bonds is 2. The van der Waals surface area contributed by atoms with E-state index < -0.39 is 0 Å². The number of anilines is 1. The third-order valence-corrected chi connectivity index (χ3v) is 5.17. The minimum atomic E-state index is -0.330. The average Bonchev–Trinajstić information content (AvgIpc) is 3.01. The van der Waals surface area contributed by atoms with Crippen LogP contribution in [0.25, 0.3) is 10.4 Å². The van der Waals surface area contributed by atoms with Gasteiger partial charge in [0.15, 0.2) is 0 Å². The van der Waals surface area contributed by atoms with Crippen molar-refractivity contribution in [3.63, 3.8) is 0 Å². The van der Waals surface area contributed by atoms with Gasteiger partial charge in [0.05, 0.1) is 4.88 Å². The van der Waals surface area contributed by atoms with Gasteiger partial charge in [-0.2, -0.15) is 0 Å². The lowest BCUT2D eigenvalue weighted by molar-refractivity contribution is 0.103. The monoisotopic (exact) mass is 339 g/mol. The number of aryl methyl sites for hydroxylation is 1. The van der Waals surface area contributed by atoms with Crippen LogP contribution in [0.2, 0.25) is 0 Å². The fraction of sp³-hybridized carbons (Fsp3) is 0.105. The second-order valence-electron chi connectivity index (χ2n) is 5.66. The number of carbonyl (C=O) groups excluding carboxylic acids is 1. The first kappa shape index (κ1) is 14.9. The van der Waals surface area contributed by atoms with Crippen LogP contribution in [-0.4, -0.2) is 5.91 Å². The van der Waals surface area contributed by atoms with Crippen molar-refractivity contribution in [2.24, 2.45) is 0 Å². The SMILES string of the molecule is Cc1cccc2c1-c1sc(C(=O)Nc3ccc(F)cc3)cc1CO2. The molecular weight excluding hydrogens is 325 g/mol. The number of benzene rings is 2. The Morgan fingerprint density at radius 3 is 2.79 bits per heavy atom. The van der Waals surface area contributed by atoms with Gasteiger partial charge in [-0.15, -0.1) is 11.3 Å². The Balaban J connectivity index is 1.66. The smallest absolute Gasteiger partial charge is 0.265 e. The van der Waals surface area contributed by atoms with Crippen LogP contribution >= 0.6 is 11.3 Å². The Hall–Kier alpha value is -2.66. The maximum absolute atomic E-state index is 13.0. The Morgan fingerprint density at radius 1 is 1.21 bits per heavy atom. The zero-order chi connectivity index (χ0) is 16.7. The molecule has 1 aliphatic heterocycles. The number of amides is 1. The molecule has 0 aliphatic carbocycles. The molecule has 1 aromatic heterocycles. The number of hydrogen-bond acceptors (Lipinski definition) is 3. The Kier molecular flexibility index (Phi) is 3.58.